The van der Waals surface area contributed by atoms with Gasteiger partial charge in [-0.1, -0.05) is 0 Å². The summed E-state index contributed by atoms with van der Waals surface area (Å²) in [4.78, 5) is 23.0. The number of likely N-dealkylation sites (tertiary alicyclic amines) is 1. The summed E-state index contributed by atoms with van der Waals surface area (Å²) in [6.45, 7) is 1.99. The van der Waals surface area contributed by atoms with Crippen molar-refractivity contribution in [3.8, 4) is 0 Å². The number of piperidine rings is 2. The highest BCUT2D eigenvalue weighted by Gasteiger charge is 2.41. The number of halogens is 3. The first-order valence-electron chi connectivity index (χ1n) is 8.37. The Morgan fingerprint density at radius 3 is 2.60 bits per heavy atom. The summed E-state index contributed by atoms with van der Waals surface area (Å²) in [5.41, 5.74) is -0.962. The van der Waals surface area contributed by atoms with Gasteiger partial charge in [0, 0.05) is 38.8 Å². The number of anilines is 1. The first-order valence-corrected chi connectivity index (χ1v) is 8.37. The number of aliphatic hydroxyl groups excluding tert-OH is 1. The fraction of sp³-hybridized carbons (Fsp3) is 0.688. The van der Waals surface area contributed by atoms with E-state index in [4.69, 9.17) is 5.11 Å². The van der Waals surface area contributed by atoms with Gasteiger partial charge < -0.3 is 14.9 Å². The zero-order chi connectivity index (χ0) is 18.1. The minimum Gasteiger partial charge on any atom is -0.395 e. The van der Waals surface area contributed by atoms with E-state index in [9.17, 15) is 18.0 Å². The third-order valence-corrected chi connectivity index (χ3v) is 5.16. The maximum Gasteiger partial charge on any atom is 0.433 e. The molecule has 2 aliphatic heterocycles. The fourth-order valence-corrected chi connectivity index (χ4v) is 3.67. The van der Waals surface area contributed by atoms with Crippen molar-refractivity contribution in [1.29, 1.82) is 0 Å². The summed E-state index contributed by atoms with van der Waals surface area (Å²) < 4.78 is 38.4. The molecule has 2 aliphatic rings. The molecule has 1 N–H and O–H groups in total. The fourth-order valence-electron chi connectivity index (χ4n) is 3.67. The molecule has 3 rings (SSSR count). The number of carbonyl (C=O) groups is 1. The van der Waals surface area contributed by atoms with E-state index in [1.165, 1.54) is 0 Å². The van der Waals surface area contributed by atoms with Gasteiger partial charge in [-0.3, -0.25) is 4.79 Å². The van der Waals surface area contributed by atoms with Gasteiger partial charge in [-0.15, -0.1) is 0 Å². The molecule has 1 aromatic heterocycles. The van der Waals surface area contributed by atoms with E-state index in [0.29, 0.717) is 32.6 Å². The Balaban J connectivity index is 1.67. The van der Waals surface area contributed by atoms with Gasteiger partial charge in [0.2, 0.25) is 11.9 Å². The molecule has 25 heavy (non-hydrogen) atoms. The minimum atomic E-state index is -4.48. The Bertz CT molecular complexity index is 630. The molecule has 0 bridgehead atoms. The zero-order valence-electron chi connectivity index (χ0n) is 13.8. The van der Waals surface area contributed by atoms with E-state index < -0.39 is 11.9 Å². The molecule has 0 unspecified atom stereocenters. The second-order valence-electron chi connectivity index (χ2n) is 6.77. The molecule has 138 valence electrons. The van der Waals surface area contributed by atoms with Crippen molar-refractivity contribution in [2.45, 2.75) is 31.9 Å². The molecule has 3 heterocycles. The molecular weight excluding hydrogens is 337 g/mol. The Labute approximate surface area is 143 Å². The molecule has 0 saturated carbocycles. The van der Waals surface area contributed by atoms with Crippen LogP contribution in [0.4, 0.5) is 19.1 Å². The van der Waals surface area contributed by atoms with Crippen LogP contribution in [0.15, 0.2) is 12.3 Å². The minimum absolute atomic E-state index is 0.0266. The van der Waals surface area contributed by atoms with Gasteiger partial charge in [0.15, 0.2) is 0 Å². The number of hydrogen-bond acceptors (Lipinski definition) is 5. The molecule has 0 aliphatic carbocycles. The van der Waals surface area contributed by atoms with E-state index >= 15 is 0 Å². The largest absolute Gasteiger partial charge is 0.433 e. The van der Waals surface area contributed by atoms with Gasteiger partial charge in [-0.05, 0) is 30.7 Å². The van der Waals surface area contributed by atoms with E-state index in [-0.39, 0.29) is 23.9 Å². The van der Waals surface area contributed by atoms with Crippen molar-refractivity contribution in [3.63, 3.8) is 0 Å². The molecule has 9 heteroatoms. The second kappa shape index (κ2) is 6.78. The summed E-state index contributed by atoms with van der Waals surface area (Å²) >= 11 is 0. The van der Waals surface area contributed by atoms with E-state index in [0.717, 1.165) is 31.5 Å². The van der Waals surface area contributed by atoms with Crippen LogP contribution in [-0.2, 0) is 11.0 Å². The van der Waals surface area contributed by atoms with Gasteiger partial charge in [0.1, 0.15) is 5.69 Å². The predicted octanol–water partition coefficient (Wildman–Crippen LogP) is 1.70. The summed E-state index contributed by atoms with van der Waals surface area (Å²) in [5.74, 6) is 0.159. The summed E-state index contributed by atoms with van der Waals surface area (Å²) in [5, 5.41) is 9.09. The summed E-state index contributed by atoms with van der Waals surface area (Å²) in [6, 6.07) is 0.869. The third kappa shape index (κ3) is 3.86. The summed E-state index contributed by atoms with van der Waals surface area (Å²) in [6.07, 6.45) is -0.574. The van der Waals surface area contributed by atoms with E-state index in [1.54, 1.807) is 9.80 Å². The lowest BCUT2D eigenvalue weighted by Gasteiger charge is -2.47. The highest BCUT2D eigenvalue weighted by Crippen LogP contribution is 2.40. The molecule has 0 atom stereocenters. The predicted molar refractivity (Wildman–Crippen MR) is 83.8 cm³/mol. The number of aromatic nitrogens is 2. The number of amides is 1. The maximum absolute atomic E-state index is 12.8. The average Bonchev–Trinajstić information content (AvgIpc) is 2.59. The van der Waals surface area contributed by atoms with E-state index in [2.05, 4.69) is 9.97 Å². The van der Waals surface area contributed by atoms with Gasteiger partial charge in [-0.25, -0.2) is 9.97 Å². The Kier molecular flexibility index (Phi) is 4.86. The molecule has 1 amide bonds. The number of aliphatic hydroxyl groups is 1. The normalized spacial score (nSPS) is 21.0. The first-order chi connectivity index (χ1) is 11.8. The van der Waals surface area contributed by atoms with Crippen molar-refractivity contribution in [1.82, 2.24) is 14.9 Å². The SMILES string of the molecule is O=C1CCC2(CCN(c3nccc(C(F)(F)F)n3)CC2)CN1CCO. The smallest absolute Gasteiger partial charge is 0.395 e. The Hall–Kier alpha value is -1.90. The number of carbonyl (C=O) groups excluding carboxylic acids is 1. The standard InChI is InChI=1S/C16H21F3N4O2/c17-16(18,19)12-2-6-20-14(21-12)22-7-4-15(5-8-22)3-1-13(25)23(11-15)9-10-24/h2,6,24H,1,3-5,7-11H2. The van der Waals surface area contributed by atoms with Crippen LogP contribution in [0.25, 0.3) is 0 Å². The topological polar surface area (TPSA) is 69.6 Å². The first kappa shape index (κ1) is 17.9. The Morgan fingerprint density at radius 1 is 1.24 bits per heavy atom. The van der Waals surface area contributed by atoms with Crippen molar-refractivity contribution >= 4 is 11.9 Å². The molecule has 2 saturated heterocycles. The lowest BCUT2D eigenvalue weighted by atomic mass is 9.72. The number of β-amino-alcohol motifs (C(OH)–C–C–N with tert-alkyl or cyclic N) is 1. The monoisotopic (exact) mass is 358 g/mol. The molecule has 6 nitrogen and oxygen atoms in total. The van der Waals surface area contributed by atoms with Gasteiger partial charge in [0.05, 0.1) is 6.61 Å². The third-order valence-electron chi connectivity index (χ3n) is 5.16. The lowest BCUT2D eigenvalue weighted by Crippen LogP contribution is -2.52. The van der Waals surface area contributed by atoms with E-state index in [1.807, 2.05) is 0 Å². The number of alkyl halides is 3. The van der Waals surface area contributed by atoms with Crippen LogP contribution < -0.4 is 4.90 Å². The molecule has 0 radical (unpaired) electrons. The lowest BCUT2D eigenvalue weighted by molar-refractivity contribution is -0.141. The number of hydrogen-bond donors (Lipinski definition) is 1. The quantitative estimate of drug-likeness (QED) is 0.891. The van der Waals surface area contributed by atoms with Crippen molar-refractivity contribution in [2.24, 2.45) is 5.41 Å². The molecule has 2 fully saturated rings. The van der Waals surface area contributed by atoms with Gasteiger partial charge >= 0.3 is 6.18 Å². The van der Waals surface area contributed by atoms with Crippen LogP contribution in [0.5, 0.6) is 0 Å². The number of rotatable bonds is 3. The second-order valence-corrected chi connectivity index (χ2v) is 6.77. The van der Waals surface area contributed by atoms with Crippen LogP contribution in [0.2, 0.25) is 0 Å². The van der Waals surface area contributed by atoms with Crippen molar-refractivity contribution < 1.29 is 23.1 Å². The molecule has 0 aromatic carbocycles. The maximum atomic E-state index is 12.8. The number of nitrogens with zero attached hydrogens (tertiary/aromatic N) is 4. The van der Waals surface area contributed by atoms with Crippen molar-refractivity contribution in [2.75, 3.05) is 37.7 Å². The van der Waals surface area contributed by atoms with Gasteiger partial charge in [-0.2, -0.15) is 13.2 Å². The van der Waals surface area contributed by atoms with Crippen LogP contribution >= 0.6 is 0 Å². The summed E-state index contributed by atoms with van der Waals surface area (Å²) in [7, 11) is 0. The molecular formula is C16H21F3N4O2. The Morgan fingerprint density at radius 2 is 1.96 bits per heavy atom. The average molecular weight is 358 g/mol. The van der Waals surface area contributed by atoms with Crippen LogP contribution in [0, 0.1) is 5.41 Å². The van der Waals surface area contributed by atoms with Crippen molar-refractivity contribution in [3.05, 3.63) is 18.0 Å². The molecule has 1 aromatic rings. The zero-order valence-corrected chi connectivity index (χ0v) is 13.8. The highest BCUT2D eigenvalue weighted by atomic mass is 19.4. The van der Waals surface area contributed by atoms with Crippen LogP contribution in [0.1, 0.15) is 31.4 Å². The van der Waals surface area contributed by atoms with Gasteiger partial charge in [0.25, 0.3) is 0 Å². The molecule has 1 spiro atoms. The van der Waals surface area contributed by atoms with Crippen LogP contribution in [0.3, 0.4) is 0 Å². The van der Waals surface area contributed by atoms with Crippen LogP contribution in [-0.4, -0.2) is 58.7 Å². The highest BCUT2D eigenvalue weighted by molar-refractivity contribution is 5.77.